The summed E-state index contributed by atoms with van der Waals surface area (Å²) in [4.78, 5) is 76.8. The predicted molar refractivity (Wildman–Crippen MR) is 211 cm³/mol. The number of anilines is 1. The lowest BCUT2D eigenvalue weighted by Gasteiger charge is -2.29. The highest BCUT2D eigenvalue weighted by molar-refractivity contribution is 5.97. The van der Waals surface area contributed by atoms with Crippen LogP contribution in [0.4, 0.5) is 5.69 Å². The quantitative estimate of drug-likeness (QED) is 0.115. The maximum atomic E-state index is 13.5. The van der Waals surface area contributed by atoms with E-state index in [0.29, 0.717) is 19.7 Å². The zero-order chi connectivity index (χ0) is 40.7. The molecule has 0 saturated heterocycles. The first kappa shape index (κ1) is 42.7. The first-order valence-electron chi connectivity index (χ1n) is 18.5. The van der Waals surface area contributed by atoms with Gasteiger partial charge in [0, 0.05) is 48.8 Å². The Morgan fingerprint density at radius 2 is 1.32 bits per heavy atom. The topological polar surface area (TPSA) is 183 Å². The minimum atomic E-state index is -1.20. The first-order valence-corrected chi connectivity index (χ1v) is 18.5. The number of hydrogen-bond acceptors (Lipinski definition) is 7. The van der Waals surface area contributed by atoms with E-state index in [1.807, 2.05) is 76.2 Å². The van der Waals surface area contributed by atoms with Gasteiger partial charge in [-0.15, -0.1) is 0 Å². The maximum absolute atomic E-state index is 13.5. The van der Waals surface area contributed by atoms with E-state index < -0.39 is 41.2 Å². The number of ether oxygens (including phenoxy) is 1. The number of para-hydroxylation sites is 1. The Labute approximate surface area is 327 Å². The molecule has 296 valence electrons. The van der Waals surface area contributed by atoms with Gasteiger partial charge in [-0.3, -0.25) is 24.0 Å². The smallest absolute Gasteiger partial charge is 0.326 e. The van der Waals surface area contributed by atoms with Gasteiger partial charge in [0.1, 0.15) is 6.04 Å². The normalized spacial score (nSPS) is 12.6. The second-order valence-electron chi connectivity index (χ2n) is 15.4. The number of carboxylic acid groups (broad SMARTS) is 1. The van der Waals surface area contributed by atoms with Gasteiger partial charge in [0.05, 0.1) is 38.5 Å². The Bertz CT molecular complexity index is 1950. The maximum Gasteiger partial charge on any atom is 0.326 e. The number of rotatable bonds is 19. The van der Waals surface area contributed by atoms with Gasteiger partial charge >= 0.3 is 5.97 Å². The summed E-state index contributed by atoms with van der Waals surface area (Å²) in [6, 6.07) is 22.9. The third-order valence-corrected chi connectivity index (χ3v) is 8.94. The fraction of sp³-hybridized carbons (Fsp3) is 0.395. The van der Waals surface area contributed by atoms with E-state index in [-0.39, 0.29) is 56.6 Å². The van der Waals surface area contributed by atoms with Gasteiger partial charge in [-0.25, -0.2) is 4.79 Å². The van der Waals surface area contributed by atoms with Crippen LogP contribution in [-0.2, 0) is 46.5 Å². The van der Waals surface area contributed by atoms with E-state index in [1.54, 1.807) is 35.2 Å². The number of nitrogens with zero attached hydrogens (tertiary/aromatic N) is 1. The van der Waals surface area contributed by atoms with Crippen LogP contribution >= 0.6 is 0 Å². The highest BCUT2D eigenvalue weighted by atomic mass is 16.5. The van der Waals surface area contributed by atoms with Crippen molar-refractivity contribution in [1.82, 2.24) is 21.3 Å². The molecule has 13 nitrogen and oxygen atoms in total. The van der Waals surface area contributed by atoms with Gasteiger partial charge in [0.15, 0.2) is 0 Å². The summed E-state index contributed by atoms with van der Waals surface area (Å²) in [6.07, 6.45) is 0.203. The van der Waals surface area contributed by atoms with Gasteiger partial charge < -0.3 is 36.0 Å². The number of amides is 5. The monoisotopic (exact) mass is 765 g/mol. The molecule has 13 heteroatoms. The molecule has 56 heavy (non-hydrogen) atoms. The Balaban J connectivity index is 1.12. The lowest BCUT2D eigenvalue weighted by atomic mass is 9.89. The van der Waals surface area contributed by atoms with E-state index in [4.69, 9.17) is 4.74 Å². The number of benzene rings is 3. The number of carboxylic acids is 1. The van der Waals surface area contributed by atoms with Crippen LogP contribution in [0.3, 0.4) is 0 Å². The number of fused-ring (bicyclic) bond motifs is 2. The van der Waals surface area contributed by atoms with Crippen molar-refractivity contribution < 1.29 is 38.6 Å². The molecule has 0 spiro atoms. The van der Waals surface area contributed by atoms with Crippen molar-refractivity contribution >= 4 is 41.2 Å². The molecule has 1 heterocycles. The van der Waals surface area contributed by atoms with Gasteiger partial charge in [0.2, 0.25) is 29.5 Å². The molecule has 1 atom stereocenters. The second-order valence-corrected chi connectivity index (χ2v) is 15.4. The largest absolute Gasteiger partial charge is 0.480 e. The molecule has 3 aromatic carbocycles. The van der Waals surface area contributed by atoms with Crippen molar-refractivity contribution in [2.75, 3.05) is 37.7 Å². The van der Waals surface area contributed by atoms with E-state index in [1.165, 1.54) is 0 Å². The van der Waals surface area contributed by atoms with E-state index in [9.17, 15) is 33.9 Å². The Morgan fingerprint density at radius 1 is 0.714 bits per heavy atom. The van der Waals surface area contributed by atoms with Crippen molar-refractivity contribution in [1.29, 1.82) is 0 Å². The summed E-state index contributed by atoms with van der Waals surface area (Å²) in [5, 5.41) is 19.7. The number of nitrogens with one attached hydrogen (secondary N) is 4. The summed E-state index contributed by atoms with van der Waals surface area (Å²) in [7, 11) is 0. The fourth-order valence-electron chi connectivity index (χ4n) is 5.91. The fourth-order valence-corrected chi connectivity index (χ4v) is 5.91. The highest BCUT2D eigenvalue weighted by Gasteiger charge is 2.27. The molecular weight excluding hydrogens is 714 g/mol. The molecule has 0 saturated carbocycles. The highest BCUT2D eigenvalue weighted by Crippen LogP contribution is 2.26. The van der Waals surface area contributed by atoms with Crippen LogP contribution in [0.5, 0.6) is 0 Å². The molecule has 1 aliphatic heterocycles. The molecule has 0 bridgehead atoms. The van der Waals surface area contributed by atoms with Crippen LogP contribution in [0.2, 0.25) is 0 Å². The van der Waals surface area contributed by atoms with Crippen LogP contribution in [0.15, 0.2) is 78.9 Å². The minimum Gasteiger partial charge on any atom is -0.480 e. The van der Waals surface area contributed by atoms with E-state index >= 15 is 0 Å². The van der Waals surface area contributed by atoms with Crippen molar-refractivity contribution in [2.45, 2.75) is 66.0 Å². The van der Waals surface area contributed by atoms with Gasteiger partial charge in [-0.05, 0) is 34.7 Å². The Hall–Kier alpha value is -6.00. The average Bonchev–Trinajstić information content (AvgIpc) is 3.15. The zero-order valence-electron chi connectivity index (χ0n) is 32.4. The molecule has 0 radical (unpaired) electrons. The number of carbonyl (C=O) groups is 6. The molecule has 5 amide bonds. The molecular formula is C43H51N5O8. The number of hydrogen-bond donors (Lipinski definition) is 5. The van der Waals surface area contributed by atoms with Crippen molar-refractivity contribution in [3.63, 3.8) is 0 Å². The van der Waals surface area contributed by atoms with E-state index in [2.05, 4.69) is 33.1 Å². The van der Waals surface area contributed by atoms with Crippen LogP contribution in [0.1, 0.15) is 69.2 Å². The van der Waals surface area contributed by atoms with Crippen LogP contribution in [-0.4, -0.2) is 79.5 Å². The standard InChI is InChI=1S/C43H51N5O8/c1-42(2,23-37(50)44-24-38(51)45-25-39(52)47-34(41(54)55)22-30-12-6-5-7-13-30)28-56-29-43(3,4)27-46-36(49)20-21-40(53)48-26-33-16-9-8-14-31(33)18-19-32-15-10-11-17-35(32)48/h5-17,34H,20-29H2,1-4H3,(H,44,50)(H,45,51)(H,46,49)(H,47,52)(H,54,55)/t34-/m0/s1. The summed E-state index contributed by atoms with van der Waals surface area (Å²) in [5.41, 5.74) is 2.98. The third-order valence-electron chi connectivity index (χ3n) is 8.94. The molecule has 3 aromatic rings. The average molecular weight is 766 g/mol. The van der Waals surface area contributed by atoms with Crippen molar-refractivity contribution in [3.8, 4) is 11.8 Å². The third kappa shape index (κ3) is 14.0. The zero-order valence-corrected chi connectivity index (χ0v) is 32.4. The molecule has 0 aliphatic carbocycles. The second kappa shape index (κ2) is 20.1. The van der Waals surface area contributed by atoms with Gasteiger partial charge in [-0.1, -0.05) is 100 Å². The molecule has 0 fully saturated rings. The molecule has 5 N–H and O–H groups in total. The lowest BCUT2D eigenvalue weighted by Crippen LogP contribution is -2.48. The summed E-state index contributed by atoms with van der Waals surface area (Å²) in [5.74, 6) is 3.11. The molecule has 0 aromatic heterocycles. The minimum absolute atomic E-state index is 0.0229. The van der Waals surface area contributed by atoms with Crippen LogP contribution in [0.25, 0.3) is 0 Å². The molecule has 1 aliphatic rings. The van der Waals surface area contributed by atoms with Gasteiger partial charge in [-0.2, -0.15) is 0 Å². The number of aliphatic carboxylic acids is 1. The first-order chi connectivity index (χ1) is 26.6. The lowest BCUT2D eigenvalue weighted by molar-refractivity contribution is -0.141. The summed E-state index contributed by atoms with van der Waals surface area (Å²) in [6.45, 7) is 7.98. The van der Waals surface area contributed by atoms with E-state index in [0.717, 1.165) is 27.9 Å². The molecule has 4 rings (SSSR count). The van der Waals surface area contributed by atoms with Crippen molar-refractivity contribution in [3.05, 3.63) is 101 Å². The SMILES string of the molecule is CC(C)(CNC(=O)CCC(=O)N1Cc2ccccc2C#Cc2ccccc21)COCC(C)(C)CC(=O)NCC(=O)NCC(=O)N[C@@H](Cc1ccccc1)C(=O)O. The number of carbonyl (C=O) groups excluding carboxylic acids is 5. The Morgan fingerprint density at radius 3 is 2.05 bits per heavy atom. The van der Waals surface area contributed by atoms with Crippen LogP contribution in [0, 0.1) is 22.7 Å². The van der Waals surface area contributed by atoms with Crippen molar-refractivity contribution in [2.24, 2.45) is 10.8 Å². The van der Waals surface area contributed by atoms with Gasteiger partial charge in [0.25, 0.3) is 0 Å². The summed E-state index contributed by atoms with van der Waals surface area (Å²) >= 11 is 0. The van der Waals surface area contributed by atoms with Crippen LogP contribution < -0.4 is 26.2 Å². The summed E-state index contributed by atoms with van der Waals surface area (Å²) < 4.78 is 5.97. The molecule has 0 unspecified atom stereocenters. The Kier molecular flexibility index (Phi) is 15.3. The predicted octanol–water partition coefficient (Wildman–Crippen LogP) is 3.33.